The first kappa shape index (κ1) is 14.4. The number of nitrogens with one attached hydrogen (secondary N) is 1. The summed E-state index contributed by atoms with van der Waals surface area (Å²) in [6.07, 6.45) is 3.36. The van der Waals surface area contributed by atoms with Crippen LogP contribution in [0.15, 0.2) is 25.8 Å². The van der Waals surface area contributed by atoms with Gasteiger partial charge in [-0.2, -0.15) is 0 Å². The first-order chi connectivity index (χ1) is 6.31. The molecule has 0 heterocycles. The fourth-order valence-electron chi connectivity index (χ4n) is 0.513. The highest BCUT2D eigenvalue weighted by molar-refractivity contribution is 5.86. The zero-order valence-corrected chi connectivity index (χ0v) is 8.34. The van der Waals surface area contributed by atoms with E-state index in [2.05, 4.69) is 32.0 Å². The lowest BCUT2D eigenvalue weighted by Gasteiger charge is -2.02. The van der Waals surface area contributed by atoms with Gasteiger partial charge < -0.3 is 10.1 Å². The summed E-state index contributed by atoms with van der Waals surface area (Å²) in [5.74, 6) is -0.193. The lowest BCUT2D eigenvalue weighted by atomic mass is 10.4. The van der Waals surface area contributed by atoms with Gasteiger partial charge in [-0.1, -0.05) is 19.9 Å². The molecule has 0 spiro atoms. The fourth-order valence-corrected chi connectivity index (χ4v) is 0.513. The Balaban J connectivity index is 0. The largest absolute Gasteiger partial charge is 0.361 e. The van der Waals surface area contributed by atoms with Crippen molar-refractivity contribution < 1.29 is 9.53 Å². The number of carbonyl (C=O) groups is 1. The number of amides is 1. The van der Waals surface area contributed by atoms with Crippen LogP contribution in [0.4, 0.5) is 0 Å². The lowest BCUT2D eigenvalue weighted by Crippen LogP contribution is -2.23. The number of hydrogen-bond donors (Lipinski definition) is 1. The molecule has 0 rings (SSSR count). The topological polar surface area (TPSA) is 38.3 Å². The molecule has 76 valence electrons. The van der Waals surface area contributed by atoms with Crippen molar-refractivity contribution >= 4 is 5.91 Å². The summed E-state index contributed by atoms with van der Waals surface area (Å²) in [5.41, 5.74) is 0. The summed E-state index contributed by atoms with van der Waals surface area (Å²) in [4.78, 5) is 10.5. The molecule has 1 N–H and O–H groups in total. The van der Waals surface area contributed by atoms with Crippen LogP contribution in [0, 0.1) is 0 Å². The number of ether oxygens (including phenoxy) is 1. The number of rotatable bonds is 6. The Hall–Kier alpha value is -1.09. The molecule has 0 aromatic rings. The van der Waals surface area contributed by atoms with Crippen LogP contribution in [0.1, 0.15) is 19.8 Å². The monoisotopic (exact) mass is 185 g/mol. The Kier molecular flexibility index (Phi) is 15.0. The molecule has 0 saturated carbocycles. The summed E-state index contributed by atoms with van der Waals surface area (Å²) in [7, 11) is 0. The van der Waals surface area contributed by atoms with Gasteiger partial charge in [0.05, 0.1) is 0 Å². The van der Waals surface area contributed by atoms with E-state index in [-0.39, 0.29) is 12.6 Å². The minimum absolute atomic E-state index is 0.193. The molecule has 0 aliphatic heterocycles. The third-order valence-electron chi connectivity index (χ3n) is 1.18. The smallest absolute Gasteiger partial charge is 0.245 e. The average Bonchev–Trinajstić information content (AvgIpc) is 2.20. The third kappa shape index (κ3) is 13.8. The predicted octanol–water partition coefficient (Wildman–Crippen LogP) is 1.86. The van der Waals surface area contributed by atoms with Gasteiger partial charge in [-0.15, -0.1) is 13.2 Å². The second-order valence-corrected chi connectivity index (χ2v) is 2.15. The lowest BCUT2D eigenvalue weighted by molar-refractivity contribution is -0.118. The van der Waals surface area contributed by atoms with E-state index in [4.69, 9.17) is 4.74 Å². The molecule has 0 bridgehead atoms. The molecule has 0 aromatic heterocycles. The van der Waals surface area contributed by atoms with Crippen molar-refractivity contribution in [3.8, 4) is 0 Å². The van der Waals surface area contributed by atoms with Gasteiger partial charge in [0.1, 0.15) is 6.73 Å². The van der Waals surface area contributed by atoms with Crippen LogP contribution >= 0.6 is 0 Å². The summed E-state index contributed by atoms with van der Waals surface area (Å²) >= 11 is 0. The SMILES string of the molecule is C=C.C=CC(=O)NCOCCCC. The molecule has 3 heteroatoms. The number of unbranched alkanes of at least 4 members (excludes halogenated alkanes) is 1. The fraction of sp³-hybridized carbons (Fsp3) is 0.500. The van der Waals surface area contributed by atoms with Crippen molar-refractivity contribution in [2.75, 3.05) is 13.3 Å². The Morgan fingerprint density at radius 3 is 2.62 bits per heavy atom. The van der Waals surface area contributed by atoms with Crippen LogP contribution in [0.5, 0.6) is 0 Å². The Bertz CT molecular complexity index is 135. The number of hydrogen-bond acceptors (Lipinski definition) is 2. The third-order valence-corrected chi connectivity index (χ3v) is 1.18. The molecular formula is C10H19NO2. The summed E-state index contributed by atoms with van der Waals surface area (Å²) in [5, 5.41) is 2.51. The second-order valence-electron chi connectivity index (χ2n) is 2.15. The molecule has 3 nitrogen and oxygen atoms in total. The van der Waals surface area contributed by atoms with Gasteiger partial charge in [0.15, 0.2) is 0 Å². The molecule has 0 aliphatic rings. The standard InChI is InChI=1S/C8H15NO2.C2H4/c1-3-5-6-11-7-9-8(10)4-2;1-2/h4H,2-3,5-7H2,1H3,(H,9,10);1-2H2. The van der Waals surface area contributed by atoms with Crippen molar-refractivity contribution in [3.63, 3.8) is 0 Å². The molecule has 0 saturated heterocycles. The zero-order valence-electron chi connectivity index (χ0n) is 8.34. The van der Waals surface area contributed by atoms with E-state index in [0.717, 1.165) is 12.8 Å². The highest BCUT2D eigenvalue weighted by Gasteiger charge is 1.90. The van der Waals surface area contributed by atoms with Crippen molar-refractivity contribution in [2.45, 2.75) is 19.8 Å². The van der Waals surface area contributed by atoms with Crippen LogP contribution < -0.4 is 5.32 Å². The summed E-state index contributed by atoms with van der Waals surface area (Å²) in [6.45, 7) is 12.4. The molecule has 0 aromatic carbocycles. The van der Waals surface area contributed by atoms with Gasteiger partial charge in [0.25, 0.3) is 0 Å². The van der Waals surface area contributed by atoms with Crippen molar-refractivity contribution in [2.24, 2.45) is 0 Å². The Morgan fingerprint density at radius 2 is 2.15 bits per heavy atom. The van der Waals surface area contributed by atoms with Gasteiger partial charge in [-0.05, 0) is 12.5 Å². The molecule has 0 unspecified atom stereocenters. The normalized spacial score (nSPS) is 8.08. The maximum absolute atomic E-state index is 10.5. The zero-order chi connectivity index (χ0) is 10.5. The first-order valence-corrected chi connectivity index (χ1v) is 4.29. The van der Waals surface area contributed by atoms with Crippen molar-refractivity contribution in [1.82, 2.24) is 5.32 Å². The minimum Gasteiger partial charge on any atom is -0.361 e. The van der Waals surface area contributed by atoms with Crippen LogP contribution in [-0.4, -0.2) is 19.2 Å². The van der Waals surface area contributed by atoms with Crippen LogP contribution in [0.25, 0.3) is 0 Å². The molecule has 0 atom stereocenters. The molecule has 0 radical (unpaired) electrons. The van der Waals surface area contributed by atoms with Crippen LogP contribution in [0.2, 0.25) is 0 Å². The maximum atomic E-state index is 10.5. The van der Waals surface area contributed by atoms with Gasteiger partial charge in [-0.25, -0.2) is 0 Å². The highest BCUT2D eigenvalue weighted by Crippen LogP contribution is 1.85. The Labute approximate surface area is 80.5 Å². The molecule has 13 heavy (non-hydrogen) atoms. The van der Waals surface area contributed by atoms with E-state index in [0.29, 0.717) is 6.61 Å². The second kappa shape index (κ2) is 13.5. The van der Waals surface area contributed by atoms with E-state index < -0.39 is 0 Å². The number of carbonyl (C=O) groups excluding carboxylic acids is 1. The van der Waals surface area contributed by atoms with Crippen LogP contribution in [0.3, 0.4) is 0 Å². The van der Waals surface area contributed by atoms with E-state index >= 15 is 0 Å². The quantitative estimate of drug-likeness (QED) is 0.297. The summed E-state index contributed by atoms with van der Waals surface area (Å²) < 4.78 is 5.07. The van der Waals surface area contributed by atoms with Crippen LogP contribution in [-0.2, 0) is 9.53 Å². The van der Waals surface area contributed by atoms with E-state index in [1.54, 1.807) is 0 Å². The van der Waals surface area contributed by atoms with E-state index in [1.807, 2.05) is 0 Å². The first-order valence-electron chi connectivity index (χ1n) is 4.29. The van der Waals surface area contributed by atoms with Gasteiger partial charge in [0.2, 0.25) is 5.91 Å². The summed E-state index contributed by atoms with van der Waals surface area (Å²) in [6, 6.07) is 0. The van der Waals surface area contributed by atoms with Crippen molar-refractivity contribution in [1.29, 1.82) is 0 Å². The average molecular weight is 185 g/mol. The molecular weight excluding hydrogens is 166 g/mol. The van der Waals surface area contributed by atoms with E-state index in [1.165, 1.54) is 6.08 Å². The molecule has 0 aliphatic carbocycles. The molecule has 0 fully saturated rings. The van der Waals surface area contributed by atoms with E-state index in [9.17, 15) is 4.79 Å². The van der Waals surface area contributed by atoms with Crippen molar-refractivity contribution in [3.05, 3.63) is 25.8 Å². The van der Waals surface area contributed by atoms with Gasteiger partial charge >= 0.3 is 0 Å². The highest BCUT2D eigenvalue weighted by atomic mass is 16.5. The maximum Gasteiger partial charge on any atom is 0.245 e. The Morgan fingerprint density at radius 1 is 1.54 bits per heavy atom. The van der Waals surface area contributed by atoms with Gasteiger partial charge in [0, 0.05) is 6.61 Å². The minimum atomic E-state index is -0.193. The molecule has 1 amide bonds. The predicted molar refractivity (Wildman–Crippen MR) is 55.3 cm³/mol. The van der Waals surface area contributed by atoms with Gasteiger partial charge in [-0.3, -0.25) is 4.79 Å².